The summed E-state index contributed by atoms with van der Waals surface area (Å²) in [6, 6.07) is 6.71. The number of benzene rings is 1. The second kappa shape index (κ2) is 8.03. The van der Waals surface area contributed by atoms with E-state index in [4.69, 9.17) is 18.3 Å². The van der Waals surface area contributed by atoms with Gasteiger partial charge < -0.3 is 18.3 Å². The van der Waals surface area contributed by atoms with Gasteiger partial charge in [0.25, 0.3) is 0 Å². The van der Waals surface area contributed by atoms with Gasteiger partial charge in [-0.05, 0) is 38.1 Å². The van der Waals surface area contributed by atoms with Crippen molar-refractivity contribution in [3.8, 4) is 11.5 Å². The second-order valence-corrected chi connectivity index (χ2v) is 4.36. The Morgan fingerprint density at radius 2 is 1.56 bits per heavy atom. The summed E-state index contributed by atoms with van der Waals surface area (Å²) in [5.74, 6) is 0.737. The quantitative estimate of drug-likeness (QED) is 0.433. The summed E-state index contributed by atoms with van der Waals surface area (Å²) in [6.07, 6.45) is 0. The van der Waals surface area contributed by atoms with E-state index in [1.807, 2.05) is 13.8 Å². The molecule has 0 saturated carbocycles. The molecule has 0 unspecified atom stereocenters. The van der Waals surface area contributed by atoms with E-state index >= 15 is 0 Å². The van der Waals surface area contributed by atoms with E-state index < -0.39 is 8.60 Å². The lowest BCUT2D eigenvalue weighted by atomic mass is 10.3. The molecule has 0 spiro atoms. The van der Waals surface area contributed by atoms with Crippen LogP contribution < -0.4 is 9.26 Å². The highest BCUT2D eigenvalue weighted by atomic mass is 31.2. The maximum Gasteiger partial charge on any atom is 0.397 e. The van der Waals surface area contributed by atoms with E-state index in [1.54, 1.807) is 24.3 Å². The Labute approximate surface area is 108 Å². The van der Waals surface area contributed by atoms with Crippen molar-refractivity contribution in [3.63, 3.8) is 0 Å². The van der Waals surface area contributed by atoms with Gasteiger partial charge in [0.2, 0.25) is 0 Å². The van der Waals surface area contributed by atoms with Crippen LogP contribution in [-0.4, -0.2) is 19.2 Å². The Bertz CT molecular complexity index is 359. The summed E-state index contributed by atoms with van der Waals surface area (Å²) in [4.78, 5) is 10.8. The molecular weight excluding hydrogens is 255 g/mol. The largest absolute Gasteiger partial charge is 0.427 e. The first-order valence-electron chi connectivity index (χ1n) is 5.68. The minimum atomic E-state index is -1.37. The Kier molecular flexibility index (Phi) is 6.65. The van der Waals surface area contributed by atoms with E-state index in [9.17, 15) is 4.79 Å². The minimum Gasteiger partial charge on any atom is -0.427 e. The zero-order valence-electron chi connectivity index (χ0n) is 10.7. The second-order valence-electron chi connectivity index (χ2n) is 3.22. The van der Waals surface area contributed by atoms with Crippen LogP contribution in [0, 0.1) is 0 Å². The molecule has 18 heavy (non-hydrogen) atoms. The summed E-state index contributed by atoms with van der Waals surface area (Å²) in [5.41, 5.74) is 0. The molecule has 0 saturated heterocycles. The molecule has 0 bridgehead atoms. The molecule has 5 nitrogen and oxygen atoms in total. The molecule has 0 radical (unpaired) electrons. The predicted molar refractivity (Wildman–Crippen MR) is 68.6 cm³/mol. The molecule has 100 valence electrons. The molecule has 0 aromatic heterocycles. The van der Waals surface area contributed by atoms with Crippen molar-refractivity contribution in [2.24, 2.45) is 0 Å². The molecule has 0 aliphatic heterocycles. The molecule has 0 aliphatic carbocycles. The van der Waals surface area contributed by atoms with Gasteiger partial charge >= 0.3 is 14.6 Å². The zero-order valence-corrected chi connectivity index (χ0v) is 11.6. The summed E-state index contributed by atoms with van der Waals surface area (Å²) in [7, 11) is -1.37. The highest BCUT2D eigenvalue weighted by Gasteiger charge is 2.12. The third-order valence-electron chi connectivity index (χ3n) is 1.73. The third kappa shape index (κ3) is 5.45. The van der Waals surface area contributed by atoms with Crippen LogP contribution in [0.15, 0.2) is 24.3 Å². The number of hydrogen-bond acceptors (Lipinski definition) is 5. The van der Waals surface area contributed by atoms with Gasteiger partial charge in [-0.1, -0.05) is 0 Å². The Morgan fingerprint density at radius 3 is 2.00 bits per heavy atom. The van der Waals surface area contributed by atoms with Gasteiger partial charge in [-0.2, -0.15) is 0 Å². The molecular formula is C12H17O5P. The molecule has 0 fully saturated rings. The van der Waals surface area contributed by atoms with Crippen LogP contribution in [0.2, 0.25) is 0 Å². The summed E-state index contributed by atoms with van der Waals surface area (Å²) < 4.78 is 21.1. The van der Waals surface area contributed by atoms with Crippen molar-refractivity contribution >= 4 is 14.6 Å². The number of hydrogen-bond donors (Lipinski definition) is 0. The summed E-state index contributed by atoms with van der Waals surface area (Å²) in [6.45, 7) is 6.16. The van der Waals surface area contributed by atoms with Crippen molar-refractivity contribution in [1.29, 1.82) is 0 Å². The first-order chi connectivity index (χ1) is 8.65. The highest BCUT2D eigenvalue weighted by Crippen LogP contribution is 2.40. The van der Waals surface area contributed by atoms with Crippen LogP contribution in [0.25, 0.3) is 0 Å². The van der Waals surface area contributed by atoms with Crippen molar-refractivity contribution < 1.29 is 23.1 Å². The lowest BCUT2D eigenvalue weighted by Gasteiger charge is -2.15. The van der Waals surface area contributed by atoms with Gasteiger partial charge in [-0.15, -0.1) is 0 Å². The number of esters is 1. The Hall–Kier alpha value is -1.16. The molecule has 1 rings (SSSR count). The smallest absolute Gasteiger partial charge is 0.397 e. The average molecular weight is 272 g/mol. The summed E-state index contributed by atoms with van der Waals surface area (Å²) in [5, 5.41) is 0. The van der Waals surface area contributed by atoms with Crippen LogP contribution >= 0.6 is 8.60 Å². The zero-order chi connectivity index (χ0) is 13.4. The van der Waals surface area contributed by atoms with Crippen LogP contribution in [0.4, 0.5) is 0 Å². The molecule has 1 aromatic carbocycles. The molecule has 1 aromatic rings. The van der Waals surface area contributed by atoms with E-state index in [0.717, 1.165) is 0 Å². The van der Waals surface area contributed by atoms with Gasteiger partial charge in [0.1, 0.15) is 11.5 Å². The Balaban J connectivity index is 2.58. The fourth-order valence-electron chi connectivity index (χ4n) is 1.12. The first kappa shape index (κ1) is 14.9. The topological polar surface area (TPSA) is 54.0 Å². The van der Waals surface area contributed by atoms with E-state index in [0.29, 0.717) is 24.7 Å². The van der Waals surface area contributed by atoms with Gasteiger partial charge in [0.05, 0.1) is 13.2 Å². The first-order valence-corrected chi connectivity index (χ1v) is 6.77. The number of carbonyl (C=O) groups excluding carboxylic acids is 1. The van der Waals surface area contributed by atoms with E-state index in [-0.39, 0.29) is 5.97 Å². The lowest BCUT2D eigenvalue weighted by Crippen LogP contribution is -2.01. The standard InChI is InChI=1S/C12H17O5P/c1-4-14-18(15-5-2)17-12-8-6-11(7-9-12)16-10(3)13/h6-9H,4-5H2,1-3H3. The van der Waals surface area contributed by atoms with Crippen LogP contribution in [0.1, 0.15) is 20.8 Å². The highest BCUT2D eigenvalue weighted by molar-refractivity contribution is 7.42. The van der Waals surface area contributed by atoms with Crippen molar-refractivity contribution in [3.05, 3.63) is 24.3 Å². The van der Waals surface area contributed by atoms with Crippen molar-refractivity contribution in [1.82, 2.24) is 0 Å². The van der Waals surface area contributed by atoms with Crippen molar-refractivity contribution in [2.45, 2.75) is 20.8 Å². The fourth-order valence-corrected chi connectivity index (χ4v) is 2.02. The predicted octanol–water partition coefficient (Wildman–Crippen LogP) is 3.29. The van der Waals surface area contributed by atoms with Gasteiger partial charge in [0, 0.05) is 6.92 Å². The van der Waals surface area contributed by atoms with Crippen molar-refractivity contribution in [2.75, 3.05) is 13.2 Å². The third-order valence-corrected chi connectivity index (χ3v) is 3.03. The normalized spacial score (nSPS) is 10.4. The maximum atomic E-state index is 10.8. The van der Waals surface area contributed by atoms with E-state index in [1.165, 1.54) is 6.92 Å². The fraction of sp³-hybridized carbons (Fsp3) is 0.417. The molecule has 6 heteroatoms. The minimum absolute atomic E-state index is 0.352. The maximum absolute atomic E-state index is 10.8. The molecule has 0 N–H and O–H groups in total. The molecule has 0 heterocycles. The monoisotopic (exact) mass is 272 g/mol. The van der Waals surface area contributed by atoms with Crippen LogP contribution in [0.5, 0.6) is 11.5 Å². The van der Waals surface area contributed by atoms with Crippen LogP contribution in [0.3, 0.4) is 0 Å². The molecule has 0 atom stereocenters. The number of rotatable bonds is 7. The molecule has 0 aliphatic rings. The van der Waals surface area contributed by atoms with Gasteiger partial charge in [-0.25, -0.2) is 0 Å². The molecule has 0 amide bonds. The SMILES string of the molecule is CCOP(OCC)Oc1ccc(OC(C)=O)cc1. The van der Waals surface area contributed by atoms with Crippen LogP contribution in [-0.2, 0) is 13.8 Å². The Morgan fingerprint density at radius 1 is 1.06 bits per heavy atom. The average Bonchev–Trinajstić information content (AvgIpc) is 2.31. The van der Waals surface area contributed by atoms with E-state index in [2.05, 4.69) is 0 Å². The summed E-state index contributed by atoms with van der Waals surface area (Å²) >= 11 is 0. The number of ether oxygens (including phenoxy) is 1. The number of carbonyl (C=O) groups is 1. The van der Waals surface area contributed by atoms with Gasteiger partial charge in [-0.3, -0.25) is 4.79 Å². The lowest BCUT2D eigenvalue weighted by molar-refractivity contribution is -0.131. The van der Waals surface area contributed by atoms with Gasteiger partial charge in [0.15, 0.2) is 0 Å².